The molecule has 4 atom stereocenters. The van der Waals surface area contributed by atoms with Crippen molar-refractivity contribution in [1.82, 2.24) is 0 Å². The number of ether oxygens (including phenoxy) is 3. The lowest BCUT2D eigenvalue weighted by Gasteiger charge is -2.42. The van der Waals surface area contributed by atoms with Crippen LogP contribution >= 0.6 is 31.9 Å². The Kier molecular flexibility index (Phi) is 4.41. The van der Waals surface area contributed by atoms with Gasteiger partial charge in [0.25, 0.3) is 0 Å². The second kappa shape index (κ2) is 5.37. The number of fused-ring (bicyclic) bond motifs is 2. The Balaban J connectivity index is 2.74. The average Bonchev–Trinajstić information content (AvgIpc) is 2.77. The first-order valence-corrected chi connectivity index (χ1v) is 8.19. The van der Waals surface area contributed by atoms with Crippen LogP contribution in [0.5, 0.6) is 0 Å². The van der Waals surface area contributed by atoms with Crippen molar-refractivity contribution >= 4 is 43.6 Å². The van der Waals surface area contributed by atoms with E-state index in [1.165, 1.54) is 27.4 Å². The molecule has 0 saturated heterocycles. The molecule has 0 aromatic rings. The number of esters is 1. The SMILES string of the molecule is C=CC[C@]1(O)C(=O)[C@]2(Br)[C@H](C(=O)OC)C[C@@]1(Br)C2(OC)OC. The lowest BCUT2D eigenvalue weighted by atomic mass is 9.76. The van der Waals surface area contributed by atoms with E-state index in [0.717, 1.165) is 0 Å². The van der Waals surface area contributed by atoms with Crippen LogP contribution in [0, 0.1) is 5.92 Å². The molecule has 2 fully saturated rings. The zero-order chi connectivity index (χ0) is 17.0. The van der Waals surface area contributed by atoms with Gasteiger partial charge in [-0.15, -0.1) is 6.58 Å². The van der Waals surface area contributed by atoms with Crippen molar-refractivity contribution in [3.63, 3.8) is 0 Å². The van der Waals surface area contributed by atoms with Crippen molar-refractivity contribution in [2.45, 2.75) is 32.9 Å². The first-order valence-electron chi connectivity index (χ1n) is 6.61. The van der Waals surface area contributed by atoms with Gasteiger partial charge < -0.3 is 19.3 Å². The number of carbonyl (C=O) groups is 2. The second-order valence-corrected chi connectivity index (χ2v) is 8.10. The fourth-order valence-corrected chi connectivity index (χ4v) is 6.77. The summed E-state index contributed by atoms with van der Waals surface area (Å²) in [6.45, 7) is 3.59. The van der Waals surface area contributed by atoms with Gasteiger partial charge in [-0.3, -0.25) is 9.59 Å². The normalized spacial score (nSPS) is 42.5. The maximum Gasteiger partial charge on any atom is 0.310 e. The monoisotopic (exact) mass is 440 g/mol. The van der Waals surface area contributed by atoms with Gasteiger partial charge in [0, 0.05) is 20.6 Å². The van der Waals surface area contributed by atoms with Gasteiger partial charge in [-0.2, -0.15) is 0 Å². The lowest BCUT2D eigenvalue weighted by Crippen LogP contribution is -2.59. The van der Waals surface area contributed by atoms with Crippen LogP contribution in [0.3, 0.4) is 0 Å². The zero-order valence-electron chi connectivity index (χ0n) is 12.5. The van der Waals surface area contributed by atoms with E-state index >= 15 is 0 Å². The molecular formula is C14H18Br2O6. The molecular weight excluding hydrogens is 424 g/mol. The number of ketones is 1. The highest BCUT2D eigenvalue weighted by molar-refractivity contribution is 9.11. The molecule has 2 bridgehead atoms. The van der Waals surface area contributed by atoms with E-state index in [-0.39, 0.29) is 12.8 Å². The van der Waals surface area contributed by atoms with Gasteiger partial charge in [0.15, 0.2) is 10.1 Å². The fraction of sp³-hybridized carbons (Fsp3) is 0.714. The van der Waals surface area contributed by atoms with Crippen LogP contribution in [0.2, 0.25) is 0 Å². The van der Waals surface area contributed by atoms with E-state index in [9.17, 15) is 14.7 Å². The first kappa shape index (κ1) is 18.1. The van der Waals surface area contributed by atoms with E-state index in [4.69, 9.17) is 14.2 Å². The number of hydrogen-bond acceptors (Lipinski definition) is 6. The summed E-state index contributed by atoms with van der Waals surface area (Å²) >= 11 is 6.82. The minimum absolute atomic E-state index is 0.00715. The van der Waals surface area contributed by atoms with E-state index < -0.39 is 37.7 Å². The maximum atomic E-state index is 13.0. The molecule has 2 saturated carbocycles. The number of halogens is 2. The molecule has 8 heteroatoms. The molecule has 124 valence electrons. The Bertz CT molecular complexity index is 533. The van der Waals surface area contributed by atoms with Crippen LogP contribution < -0.4 is 0 Å². The van der Waals surface area contributed by atoms with Gasteiger partial charge in [-0.25, -0.2) is 0 Å². The van der Waals surface area contributed by atoms with Gasteiger partial charge >= 0.3 is 5.97 Å². The molecule has 2 rings (SSSR count). The van der Waals surface area contributed by atoms with E-state index in [2.05, 4.69) is 38.4 Å². The van der Waals surface area contributed by atoms with Crippen LogP contribution in [0.15, 0.2) is 12.7 Å². The standard InChI is InChI=1S/C14H18Br2O6/c1-5-6-11(19)10(18)13(16)8(9(17)20-2)7-12(11,15)14(13,21-3)22-4/h5,8,19H,1,6-7H2,2-4H3/t8-,11-,12-,13+/m0/s1. The highest BCUT2D eigenvalue weighted by Crippen LogP contribution is 2.71. The summed E-state index contributed by atoms with van der Waals surface area (Å²) in [4.78, 5) is 25.2. The third-order valence-corrected chi connectivity index (χ3v) is 7.76. The van der Waals surface area contributed by atoms with Gasteiger partial charge in [0.2, 0.25) is 5.79 Å². The number of alkyl halides is 2. The smallest absolute Gasteiger partial charge is 0.310 e. The Morgan fingerprint density at radius 1 is 1.41 bits per heavy atom. The second-order valence-electron chi connectivity index (χ2n) is 5.50. The Hall–Kier alpha value is -0.280. The van der Waals surface area contributed by atoms with E-state index in [1.807, 2.05) is 0 Å². The van der Waals surface area contributed by atoms with Crippen LogP contribution in [0.1, 0.15) is 12.8 Å². The molecule has 6 nitrogen and oxygen atoms in total. The summed E-state index contributed by atoms with van der Waals surface area (Å²) in [6.07, 6.45) is 1.54. The van der Waals surface area contributed by atoms with Crippen molar-refractivity contribution in [3.8, 4) is 0 Å². The Morgan fingerprint density at radius 3 is 2.36 bits per heavy atom. The molecule has 0 spiro atoms. The summed E-state index contributed by atoms with van der Waals surface area (Å²) in [5.74, 6) is -3.62. The van der Waals surface area contributed by atoms with Crippen molar-refractivity contribution in [2.24, 2.45) is 5.92 Å². The number of methoxy groups -OCH3 is 3. The molecule has 0 radical (unpaired) electrons. The molecule has 22 heavy (non-hydrogen) atoms. The topological polar surface area (TPSA) is 82.1 Å². The van der Waals surface area contributed by atoms with Crippen molar-refractivity contribution in [2.75, 3.05) is 21.3 Å². The molecule has 0 aromatic heterocycles. The molecule has 1 N–H and O–H groups in total. The Labute approximate surface area is 145 Å². The van der Waals surface area contributed by atoms with Gasteiger partial charge in [0.1, 0.15) is 9.93 Å². The summed E-state index contributed by atoms with van der Waals surface area (Å²) in [6, 6.07) is 0. The summed E-state index contributed by atoms with van der Waals surface area (Å²) < 4.78 is 13.0. The summed E-state index contributed by atoms with van der Waals surface area (Å²) in [7, 11) is 3.97. The van der Waals surface area contributed by atoms with Crippen molar-refractivity contribution in [3.05, 3.63) is 12.7 Å². The zero-order valence-corrected chi connectivity index (χ0v) is 15.7. The van der Waals surface area contributed by atoms with Crippen molar-refractivity contribution < 1.29 is 28.9 Å². The minimum atomic E-state index is -1.82. The molecule has 0 aliphatic heterocycles. The predicted molar refractivity (Wildman–Crippen MR) is 85.0 cm³/mol. The van der Waals surface area contributed by atoms with Crippen molar-refractivity contribution in [1.29, 1.82) is 0 Å². The summed E-state index contributed by atoms with van der Waals surface area (Å²) in [5, 5.41) is 11.0. The number of carbonyl (C=O) groups excluding carboxylic acids is 2. The third kappa shape index (κ3) is 1.60. The number of aliphatic hydroxyl groups is 1. The van der Waals surface area contributed by atoms with Gasteiger partial charge in [-0.1, -0.05) is 37.9 Å². The van der Waals surface area contributed by atoms with Crippen LogP contribution in [-0.4, -0.2) is 58.2 Å². The highest BCUT2D eigenvalue weighted by Gasteiger charge is 2.90. The van der Waals surface area contributed by atoms with E-state index in [1.54, 1.807) is 0 Å². The molecule has 0 aromatic carbocycles. The number of rotatable bonds is 5. The number of hydrogen-bond donors (Lipinski definition) is 1. The quantitative estimate of drug-likeness (QED) is 0.300. The third-order valence-electron chi connectivity index (χ3n) is 4.83. The van der Waals surface area contributed by atoms with Gasteiger partial charge in [0.05, 0.1) is 13.0 Å². The molecule has 0 unspecified atom stereocenters. The predicted octanol–water partition coefficient (Wildman–Crippen LogP) is 1.33. The average molecular weight is 442 g/mol. The molecule has 0 heterocycles. The van der Waals surface area contributed by atoms with E-state index in [0.29, 0.717) is 0 Å². The maximum absolute atomic E-state index is 13.0. The lowest BCUT2D eigenvalue weighted by molar-refractivity contribution is -0.226. The largest absolute Gasteiger partial charge is 0.469 e. The summed E-state index contributed by atoms with van der Waals surface area (Å²) in [5.41, 5.74) is -1.82. The van der Waals surface area contributed by atoms with Crippen LogP contribution in [0.25, 0.3) is 0 Å². The van der Waals surface area contributed by atoms with Gasteiger partial charge in [-0.05, 0) is 6.42 Å². The number of Topliss-reactive ketones (excluding diaryl/α,β-unsaturated/α-hetero) is 1. The Morgan fingerprint density at radius 2 is 1.95 bits per heavy atom. The minimum Gasteiger partial charge on any atom is -0.469 e. The van der Waals surface area contributed by atoms with Crippen LogP contribution in [-0.2, 0) is 23.8 Å². The molecule has 2 aliphatic rings. The fourth-order valence-electron chi connectivity index (χ4n) is 3.86. The first-order chi connectivity index (χ1) is 10.2. The highest BCUT2D eigenvalue weighted by atomic mass is 79.9. The molecule has 2 aliphatic carbocycles. The molecule has 0 amide bonds. The van der Waals surface area contributed by atoms with Crippen LogP contribution in [0.4, 0.5) is 0 Å².